The number of nitrogens with zero attached hydrogens (tertiary/aromatic N) is 4. The fraction of sp³-hybridized carbons (Fsp3) is 0.250. The molecule has 0 fully saturated rings. The van der Waals surface area contributed by atoms with E-state index in [-0.39, 0.29) is 11.6 Å². The van der Waals surface area contributed by atoms with Crippen molar-refractivity contribution in [3.63, 3.8) is 0 Å². The third-order valence-electron chi connectivity index (χ3n) is 2.43. The maximum Gasteiger partial charge on any atom is 0.229 e. The minimum Gasteiger partial charge on any atom is -0.396 e. The van der Waals surface area contributed by atoms with Crippen LogP contribution in [0.4, 0.5) is 22.0 Å². The topological polar surface area (TPSA) is 94.0 Å². The number of aromatic nitrogens is 3. The highest BCUT2D eigenvalue weighted by molar-refractivity contribution is 7.98. The number of nitrogens with two attached hydrogens (primary N) is 2. The first kappa shape index (κ1) is 14.3. The summed E-state index contributed by atoms with van der Waals surface area (Å²) in [6.45, 7) is 0. The highest BCUT2D eigenvalue weighted by Gasteiger charge is 2.07. The maximum atomic E-state index is 13.3. The summed E-state index contributed by atoms with van der Waals surface area (Å²) in [4.78, 5) is 14.8. The molecule has 0 spiro atoms. The summed E-state index contributed by atoms with van der Waals surface area (Å²) in [6.07, 6.45) is 0. The summed E-state index contributed by atoms with van der Waals surface area (Å²) in [7, 11) is 3.64. The van der Waals surface area contributed by atoms with Gasteiger partial charge in [-0.25, -0.2) is 4.39 Å². The van der Waals surface area contributed by atoms with Gasteiger partial charge < -0.3 is 16.4 Å². The van der Waals surface area contributed by atoms with E-state index in [1.807, 2.05) is 14.1 Å². The third-order valence-corrected chi connectivity index (χ3v) is 3.42. The van der Waals surface area contributed by atoms with Crippen LogP contribution in [0.3, 0.4) is 0 Å². The van der Waals surface area contributed by atoms with E-state index in [4.69, 9.17) is 11.5 Å². The lowest BCUT2D eigenvalue weighted by molar-refractivity contribution is 0.629. The van der Waals surface area contributed by atoms with Gasteiger partial charge in [-0.15, -0.1) is 11.8 Å². The molecule has 1 aromatic heterocycles. The molecule has 0 aliphatic carbocycles. The van der Waals surface area contributed by atoms with Gasteiger partial charge in [0.15, 0.2) is 0 Å². The number of benzene rings is 1. The van der Waals surface area contributed by atoms with Crippen molar-refractivity contribution in [2.75, 3.05) is 30.5 Å². The Kier molecular flexibility index (Phi) is 4.23. The molecule has 8 heteroatoms. The molecule has 2 rings (SSSR count). The zero-order valence-electron chi connectivity index (χ0n) is 11.2. The summed E-state index contributed by atoms with van der Waals surface area (Å²) < 4.78 is 13.3. The molecule has 1 aromatic carbocycles. The minimum atomic E-state index is -0.431. The Morgan fingerprint density at radius 1 is 1.20 bits per heavy atom. The van der Waals surface area contributed by atoms with Crippen molar-refractivity contribution in [2.24, 2.45) is 0 Å². The zero-order chi connectivity index (χ0) is 14.7. The van der Waals surface area contributed by atoms with Crippen molar-refractivity contribution in [3.05, 3.63) is 29.8 Å². The summed E-state index contributed by atoms with van der Waals surface area (Å²) >= 11 is 1.40. The molecule has 0 amide bonds. The number of rotatable bonds is 4. The first-order chi connectivity index (χ1) is 9.45. The van der Waals surface area contributed by atoms with Crippen LogP contribution in [0.5, 0.6) is 0 Å². The van der Waals surface area contributed by atoms with Gasteiger partial charge >= 0.3 is 0 Å². The highest BCUT2D eigenvalue weighted by atomic mass is 32.2. The molecule has 0 saturated heterocycles. The Balaban J connectivity index is 2.12. The first-order valence-electron chi connectivity index (χ1n) is 5.81. The van der Waals surface area contributed by atoms with Gasteiger partial charge in [-0.1, -0.05) is 0 Å². The Hall–Kier alpha value is -2.09. The van der Waals surface area contributed by atoms with Gasteiger partial charge in [-0.2, -0.15) is 15.0 Å². The van der Waals surface area contributed by atoms with E-state index in [2.05, 4.69) is 15.0 Å². The van der Waals surface area contributed by atoms with Gasteiger partial charge in [0.2, 0.25) is 11.9 Å². The molecular formula is C12H15FN6S. The van der Waals surface area contributed by atoms with Crippen LogP contribution in [0, 0.1) is 5.82 Å². The molecule has 0 aliphatic rings. The van der Waals surface area contributed by atoms with E-state index in [0.717, 1.165) is 4.90 Å². The predicted octanol–water partition coefficient (Wildman–Crippen LogP) is 1.53. The fourth-order valence-corrected chi connectivity index (χ4v) is 2.21. The molecule has 0 aliphatic heterocycles. The Morgan fingerprint density at radius 2 is 1.95 bits per heavy atom. The summed E-state index contributed by atoms with van der Waals surface area (Å²) in [5.74, 6) is 1.25. The molecule has 0 unspecified atom stereocenters. The average molecular weight is 294 g/mol. The van der Waals surface area contributed by atoms with Crippen molar-refractivity contribution < 1.29 is 4.39 Å². The number of hydrogen-bond acceptors (Lipinski definition) is 7. The Labute approximate surface area is 120 Å². The van der Waals surface area contributed by atoms with Crippen LogP contribution in [-0.4, -0.2) is 29.0 Å². The molecule has 4 N–H and O–H groups in total. The maximum absolute atomic E-state index is 13.3. The van der Waals surface area contributed by atoms with E-state index < -0.39 is 5.82 Å². The number of nitrogen functional groups attached to an aromatic ring is 2. The lowest BCUT2D eigenvalue weighted by Crippen LogP contribution is -2.15. The number of thioether (sulfide) groups is 1. The molecule has 0 saturated carbocycles. The second kappa shape index (κ2) is 5.91. The molecule has 2 aromatic rings. The second-order valence-electron chi connectivity index (χ2n) is 4.28. The predicted molar refractivity (Wildman–Crippen MR) is 78.9 cm³/mol. The van der Waals surface area contributed by atoms with Crippen LogP contribution in [-0.2, 0) is 5.75 Å². The van der Waals surface area contributed by atoms with Crippen LogP contribution in [0.25, 0.3) is 0 Å². The molecule has 0 atom stereocenters. The zero-order valence-corrected chi connectivity index (χ0v) is 12.0. The summed E-state index contributed by atoms with van der Waals surface area (Å²) in [5, 5.41) is 0. The van der Waals surface area contributed by atoms with Gasteiger partial charge in [0.25, 0.3) is 0 Å². The van der Waals surface area contributed by atoms with Gasteiger partial charge in [-0.05, 0) is 18.2 Å². The van der Waals surface area contributed by atoms with Crippen molar-refractivity contribution in [2.45, 2.75) is 10.6 Å². The molecule has 0 radical (unpaired) electrons. The molecule has 106 valence electrons. The molecule has 6 nitrogen and oxygen atoms in total. The van der Waals surface area contributed by atoms with Gasteiger partial charge in [0, 0.05) is 19.0 Å². The number of hydrogen-bond donors (Lipinski definition) is 2. The van der Waals surface area contributed by atoms with Gasteiger partial charge in [0.05, 0.1) is 11.4 Å². The van der Waals surface area contributed by atoms with E-state index in [1.54, 1.807) is 11.0 Å². The van der Waals surface area contributed by atoms with Gasteiger partial charge in [-0.3, -0.25) is 0 Å². The molecule has 20 heavy (non-hydrogen) atoms. The van der Waals surface area contributed by atoms with E-state index in [9.17, 15) is 4.39 Å². The summed E-state index contributed by atoms with van der Waals surface area (Å²) in [6, 6.07) is 4.67. The monoisotopic (exact) mass is 294 g/mol. The molecule has 1 heterocycles. The SMILES string of the molecule is CN(C)c1nc(N)nc(CSc2ccc(N)c(F)c2)n1. The van der Waals surface area contributed by atoms with E-state index >= 15 is 0 Å². The average Bonchev–Trinajstić information content (AvgIpc) is 2.39. The van der Waals surface area contributed by atoms with Gasteiger partial charge in [0.1, 0.15) is 11.6 Å². The van der Waals surface area contributed by atoms with Crippen LogP contribution in [0.1, 0.15) is 5.82 Å². The first-order valence-corrected chi connectivity index (χ1v) is 6.80. The number of halogens is 1. The summed E-state index contributed by atoms with van der Waals surface area (Å²) in [5.41, 5.74) is 11.2. The molecular weight excluding hydrogens is 279 g/mol. The Morgan fingerprint density at radius 3 is 2.60 bits per heavy atom. The van der Waals surface area contributed by atoms with Crippen LogP contribution >= 0.6 is 11.8 Å². The van der Waals surface area contributed by atoms with Crippen LogP contribution in [0.15, 0.2) is 23.1 Å². The Bertz CT molecular complexity index is 619. The quantitative estimate of drug-likeness (QED) is 0.652. The molecule has 0 bridgehead atoms. The number of anilines is 3. The van der Waals surface area contributed by atoms with E-state index in [1.165, 1.54) is 23.9 Å². The smallest absolute Gasteiger partial charge is 0.229 e. The van der Waals surface area contributed by atoms with E-state index in [0.29, 0.717) is 17.5 Å². The largest absolute Gasteiger partial charge is 0.396 e. The van der Waals surface area contributed by atoms with Crippen LogP contribution < -0.4 is 16.4 Å². The fourth-order valence-electron chi connectivity index (χ4n) is 1.44. The van der Waals surface area contributed by atoms with Crippen molar-refractivity contribution in [3.8, 4) is 0 Å². The lowest BCUT2D eigenvalue weighted by atomic mass is 10.3. The van der Waals surface area contributed by atoms with Crippen molar-refractivity contribution in [1.82, 2.24) is 15.0 Å². The standard InChI is InChI=1S/C12H15FN6S/c1-19(2)12-17-10(16-11(15)18-12)6-20-7-3-4-9(14)8(13)5-7/h3-5H,6,14H2,1-2H3,(H2,15,16,17,18). The normalized spacial score (nSPS) is 10.6. The lowest BCUT2D eigenvalue weighted by Gasteiger charge is -2.11. The second-order valence-corrected chi connectivity index (χ2v) is 5.33. The van der Waals surface area contributed by atoms with Crippen molar-refractivity contribution >= 4 is 29.3 Å². The van der Waals surface area contributed by atoms with Crippen LogP contribution in [0.2, 0.25) is 0 Å². The highest BCUT2D eigenvalue weighted by Crippen LogP contribution is 2.24. The van der Waals surface area contributed by atoms with Crippen molar-refractivity contribution in [1.29, 1.82) is 0 Å². The minimum absolute atomic E-state index is 0.133. The third kappa shape index (κ3) is 3.47.